The first-order chi connectivity index (χ1) is 9.56. The van der Waals surface area contributed by atoms with Gasteiger partial charge in [0.15, 0.2) is 0 Å². The second-order valence-corrected chi connectivity index (χ2v) is 4.60. The monoisotopic (exact) mass is 297 g/mol. The standard InChI is InChI=1S/C13H12ClNO5/c14-9-4-2-1-3-8(9)7-19-11(16)6-5-10-12(17)20-13(18)15-10/h1-4,10H,5-7H2,(H,15,18). The van der Waals surface area contributed by atoms with Crippen LogP contribution in [0.4, 0.5) is 4.79 Å². The van der Waals surface area contributed by atoms with Crippen LogP contribution >= 0.6 is 11.6 Å². The molecule has 1 unspecified atom stereocenters. The third-order valence-electron chi connectivity index (χ3n) is 2.75. The fraction of sp³-hybridized carbons (Fsp3) is 0.308. The number of hydrogen-bond acceptors (Lipinski definition) is 5. The van der Waals surface area contributed by atoms with Crippen molar-refractivity contribution in [3.8, 4) is 0 Å². The highest BCUT2D eigenvalue weighted by atomic mass is 35.5. The second kappa shape index (κ2) is 6.38. The molecule has 1 atom stereocenters. The SMILES string of the molecule is O=C(CCC1NC(=O)OC1=O)OCc1ccccc1Cl. The Hall–Kier alpha value is -2.08. The maximum Gasteiger partial charge on any atom is 0.415 e. The topological polar surface area (TPSA) is 81.7 Å². The van der Waals surface area contributed by atoms with Gasteiger partial charge in [-0.3, -0.25) is 4.79 Å². The Balaban J connectivity index is 1.75. The molecule has 0 aliphatic carbocycles. The lowest BCUT2D eigenvalue weighted by molar-refractivity contribution is -0.145. The third kappa shape index (κ3) is 3.71. The number of carbonyl (C=O) groups is 3. The molecule has 1 N–H and O–H groups in total. The highest BCUT2D eigenvalue weighted by molar-refractivity contribution is 6.31. The molecule has 0 saturated carbocycles. The number of halogens is 1. The molecule has 1 saturated heterocycles. The van der Waals surface area contributed by atoms with Gasteiger partial charge in [0.05, 0.1) is 0 Å². The lowest BCUT2D eigenvalue weighted by Gasteiger charge is -2.07. The van der Waals surface area contributed by atoms with Crippen LogP contribution < -0.4 is 5.32 Å². The lowest BCUT2D eigenvalue weighted by Crippen LogP contribution is -2.29. The summed E-state index contributed by atoms with van der Waals surface area (Å²) in [5.41, 5.74) is 0.705. The molecule has 1 fully saturated rings. The van der Waals surface area contributed by atoms with E-state index in [0.29, 0.717) is 10.6 Å². The number of rotatable bonds is 5. The number of alkyl carbamates (subject to hydrolysis) is 1. The van der Waals surface area contributed by atoms with Crippen LogP contribution in [0.2, 0.25) is 5.02 Å². The first kappa shape index (κ1) is 14.3. The minimum atomic E-state index is -0.788. The molecular formula is C13H12ClNO5. The molecule has 0 aromatic heterocycles. The molecule has 1 aliphatic heterocycles. The van der Waals surface area contributed by atoms with E-state index < -0.39 is 24.1 Å². The Kier molecular flexibility index (Phi) is 4.57. The van der Waals surface area contributed by atoms with Crippen LogP contribution in [0.25, 0.3) is 0 Å². The van der Waals surface area contributed by atoms with Crippen LogP contribution in [-0.4, -0.2) is 24.1 Å². The zero-order chi connectivity index (χ0) is 14.5. The number of ether oxygens (including phenoxy) is 2. The molecule has 1 aromatic carbocycles. The first-order valence-electron chi connectivity index (χ1n) is 5.97. The summed E-state index contributed by atoms with van der Waals surface area (Å²) in [6, 6.07) is 6.25. The van der Waals surface area contributed by atoms with Crippen LogP contribution in [0, 0.1) is 0 Å². The van der Waals surface area contributed by atoms with Gasteiger partial charge in [0.25, 0.3) is 0 Å². The molecule has 0 bridgehead atoms. The summed E-state index contributed by atoms with van der Waals surface area (Å²) in [4.78, 5) is 33.5. The normalized spacial score (nSPS) is 17.6. The van der Waals surface area contributed by atoms with Crippen LogP contribution in [0.5, 0.6) is 0 Å². The van der Waals surface area contributed by atoms with Gasteiger partial charge in [-0.15, -0.1) is 0 Å². The molecule has 1 heterocycles. The van der Waals surface area contributed by atoms with Gasteiger partial charge in [0.1, 0.15) is 12.6 Å². The van der Waals surface area contributed by atoms with E-state index in [-0.39, 0.29) is 19.4 Å². The van der Waals surface area contributed by atoms with Gasteiger partial charge in [-0.25, -0.2) is 9.59 Å². The quantitative estimate of drug-likeness (QED) is 0.662. The van der Waals surface area contributed by atoms with Crippen molar-refractivity contribution >= 4 is 29.6 Å². The van der Waals surface area contributed by atoms with E-state index in [0.717, 1.165) is 0 Å². The molecule has 0 radical (unpaired) electrons. The van der Waals surface area contributed by atoms with Crippen LogP contribution in [0.1, 0.15) is 18.4 Å². The average molecular weight is 298 g/mol. The first-order valence-corrected chi connectivity index (χ1v) is 6.35. The molecule has 0 spiro atoms. The van der Waals surface area contributed by atoms with Crippen molar-refractivity contribution in [3.63, 3.8) is 0 Å². The van der Waals surface area contributed by atoms with E-state index in [1.807, 2.05) is 0 Å². The van der Waals surface area contributed by atoms with Gasteiger partial charge in [-0.05, 0) is 12.5 Å². The minimum Gasteiger partial charge on any atom is -0.461 e. The van der Waals surface area contributed by atoms with Crippen LogP contribution in [0.3, 0.4) is 0 Å². The number of nitrogens with one attached hydrogen (secondary N) is 1. The van der Waals surface area contributed by atoms with Crippen molar-refractivity contribution in [1.82, 2.24) is 5.32 Å². The number of carbonyl (C=O) groups excluding carboxylic acids is 3. The Morgan fingerprint density at radius 2 is 2.10 bits per heavy atom. The summed E-state index contributed by atoms with van der Waals surface area (Å²) >= 11 is 5.92. The predicted molar refractivity (Wildman–Crippen MR) is 68.9 cm³/mol. The van der Waals surface area contributed by atoms with Gasteiger partial charge in [0, 0.05) is 17.0 Å². The van der Waals surface area contributed by atoms with Gasteiger partial charge in [-0.2, -0.15) is 0 Å². The van der Waals surface area contributed by atoms with E-state index >= 15 is 0 Å². The minimum absolute atomic E-state index is 0.00446. The van der Waals surface area contributed by atoms with Gasteiger partial charge < -0.3 is 14.8 Å². The van der Waals surface area contributed by atoms with E-state index in [1.54, 1.807) is 24.3 Å². The molecular weight excluding hydrogens is 286 g/mol. The maximum absolute atomic E-state index is 11.5. The molecule has 1 amide bonds. The van der Waals surface area contributed by atoms with Gasteiger partial charge in [0.2, 0.25) is 0 Å². The summed E-state index contributed by atoms with van der Waals surface area (Å²) in [6.45, 7) is 0.0694. The molecule has 7 heteroatoms. The van der Waals surface area contributed by atoms with Crippen molar-refractivity contribution in [2.24, 2.45) is 0 Å². The lowest BCUT2D eigenvalue weighted by atomic mass is 10.1. The molecule has 106 valence electrons. The summed E-state index contributed by atoms with van der Waals surface area (Å²) in [5, 5.41) is 2.82. The van der Waals surface area contributed by atoms with E-state index in [9.17, 15) is 14.4 Å². The van der Waals surface area contributed by atoms with Crippen LogP contribution in [0.15, 0.2) is 24.3 Å². The predicted octanol–water partition coefficient (Wildman–Crippen LogP) is 1.80. The highest BCUT2D eigenvalue weighted by Crippen LogP contribution is 2.16. The maximum atomic E-state index is 11.5. The fourth-order valence-corrected chi connectivity index (χ4v) is 1.88. The van der Waals surface area contributed by atoms with Crippen molar-refractivity contribution in [2.45, 2.75) is 25.5 Å². The third-order valence-corrected chi connectivity index (χ3v) is 3.12. The molecule has 1 aromatic rings. The van der Waals surface area contributed by atoms with E-state index in [1.165, 1.54) is 0 Å². The summed E-state index contributed by atoms with van der Waals surface area (Å²) in [6.07, 6.45) is -0.638. The number of amides is 1. The number of cyclic esters (lactones) is 2. The second-order valence-electron chi connectivity index (χ2n) is 4.20. The zero-order valence-corrected chi connectivity index (χ0v) is 11.2. The number of benzene rings is 1. The molecule has 1 aliphatic rings. The van der Waals surface area contributed by atoms with Crippen molar-refractivity contribution in [3.05, 3.63) is 34.9 Å². The summed E-state index contributed by atoms with van der Waals surface area (Å²) in [7, 11) is 0. The molecule has 20 heavy (non-hydrogen) atoms. The van der Waals surface area contributed by atoms with E-state index in [4.69, 9.17) is 16.3 Å². The smallest absolute Gasteiger partial charge is 0.415 e. The Labute approximate surface area is 120 Å². The van der Waals surface area contributed by atoms with Crippen LogP contribution in [-0.2, 0) is 25.7 Å². The summed E-state index contributed by atoms with van der Waals surface area (Å²) < 4.78 is 9.34. The zero-order valence-electron chi connectivity index (χ0n) is 10.4. The van der Waals surface area contributed by atoms with E-state index in [2.05, 4.69) is 10.1 Å². The Morgan fingerprint density at radius 1 is 1.35 bits per heavy atom. The van der Waals surface area contributed by atoms with Crippen molar-refractivity contribution in [1.29, 1.82) is 0 Å². The fourth-order valence-electron chi connectivity index (χ4n) is 1.69. The summed E-state index contributed by atoms with van der Waals surface area (Å²) in [5.74, 6) is -1.15. The largest absolute Gasteiger partial charge is 0.461 e. The van der Waals surface area contributed by atoms with Crippen molar-refractivity contribution in [2.75, 3.05) is 0 Å². The Bertz CT molecular complexity index is 545. The molecule has 2 rings (SSSR count). The Morgan fingerprint density at radius 3 is 2.75 bits per heavy atom. The number of hydrogen-bond donors (Lipinski definition) is 1. The average Bonchev–Trinajstić information content (AvgIpc) is 2.74. The molecule has 6 nitrogen and oxygen atoms in total. The van der Waals surface area contributed by atoms with Crippen molar-refractivity contribution < 1.29 is 23.9 Å². The van der Waals surface area contributed by atoms with Gasteiger partial charge >= 0.3 is 18.0 Å². The number of esters is 2. The van der Waals surface area contributed by atoms with Gasteiger partial charge in [-0.1, -0.05) is 29.8 Å². The highest BCUT2D eigenvalue weighted by Gasteiger charge is 2.32.